The molecule has 0 unspecified atom stereocenters. The molecule has 98 valence electrons. The summed E-state index contributed by atoms with van der Waals surface area (Å²) in [6.45, 7) is 3.76. The summed E-state index contributed by atoms with van der Waals surface area (Å²) in [7, 11) is 0. The summed E-state index contributed by atoms with van der Waals surface area (Å²) in [5, 5.41) is 3.49. The molecule has 4 heteroatoms. The highest BCUT2D eigenvalue weighted by Gasteiger charge is 2.12. The van der Waals surface area contributed by atoms with Gasteiger partial charge < -0.3 is 11.1 Å². The molecule has 1 amide bonds. The molecular formula is C15H15ClN2O. The van der Waals surface area contributed by atoms with Gasteiger partial charge in [0.15, 0.2) is 0 Å². The summed E-state index contributed by atoms with van der Waals surface area (Å²) in [5.41, 5.74) is 9.43. The van der Waals surface area contributed by atoms with Crippen molar-refractivity contribution in [1.29, 1.82) is 0 Å². The third-order valence-corrected chi connectivity index (χ3v) is 3.24. The van der Waals surface area contributed by atoms with E-state index in [1.807, 2.05) is 26.0 Å². The van der Waals surface area contributed by atoms with Crippen LogP contribution in [0.1, 0.15) is 21.5 Å². The van der Waals surface area contributed by atoms with Gasteiger partial charge in [-0.2, -0.15) is 0 Å². The average molecular weight is 275 g/mol. The number of hydrogen-bond donors (Lipinski definition) is 2. The van der Waals surface area contributed by atoms with Crippen LogP contribution in [0.15, 0.2) is 36.4 Å². The van der Waals surface area contributed by atoms with Crippen LogP contribution in [0.2, 0.25) is 5.02 Å². The Bertz CT molecular complexity index is 638. The average Bonchev–Trinajstić information content (AvgIpc) is 2.36. The predicted octanol–water partition coefficient (Wildman–Crippen LogP) is 3.79. The molecule has 0 saturated carbocycles. The maximum absolute atomic E-state index is 12.2. The van der Waals surface area contributed by atoms with E-state index in [9.17, 15) is 4.79 Å². The van der Waals surface area contributed by atoms with E-state index in [-0.39, 0.29) is 5.91 Å². The van der Waals surface area contributed by atoms with E-state index in [1.165, 1.54) is 0 Å². The Kier molecular flexibility index (Phi) is 3.76. The van der Waals surface area contributed by atoms with Crippen molar-refractivity contribution in [3.63, 3.8) is 0 Å². The molecule has 19 heavy (non-hydrogen) atoms. The third kappa shape index (κ3) is 2.88. The monoisotopic (exact) mass is 274 g/mol. The number of anilines is 2. The number of para-hydroxylation sites is 1. The van der Waals surface area contributed by atoms with Crippen LogP contribution in [0.4, 0.5) is 11.4 Å². The fourth-order valence-corrected chi connectivity index (χ4v) is 2.06. The van der Waals surface area contributed by atoms with Gasteiger partial charge in [-0.25, -0.2) is 0 Å². The summed E-state index contributed by atoms with van der Waals surface area (Å²) in [6.07, 6.45) is 0. The lowest BCUT2D eigenvalue weighted by molar-refractivity contribution is 0.102. The number of nitrogen functional groups attached to an aromatic ring is 1. The number of nitrogens with two attached hydrogens (primary N) is 1. The van der Waals surface area contributed by atoms with Crippen molar-refractivity contribution in [2.45, 2.75) is 13.8 Å². The lowest BCUT2D eigenvalue weighted by Gasteiger charge is -2.11. The summed E-state index contributed by atoms with van der Waals surface area (Å²) < 4.78 is 0. The number of carbonyl (C=O) groups excluding carboxylic acids is 1. The second-order valence-electron chi connectivity index (χ2n) is 4.45. The van der Waals surface area contributed by atoms with E-state index < -0.39 is 0 Å². The van der Waals surface area contributed by atoms with Crippen molar-refractivity contribution >= 4 is 28.9 Å². The second kappa shape index (κ2) is 5.33. The maximum atomic E-state index is 12.2. The molecule has 3 nitrogen and oxygen atoms in total. The van der Waals surface area contributed by atoms with Gasteiger partial charge in [-0.1, -0.05) is 23.7 Å². The zero-order valence-corrected chi connectivity index (χ0v) is 11.6. The summed E-state index contributed by atoms with van der Waals surface area (Å²) in [4.78, 5) is 12.2. The van der Waals surface area contributed by atoms with Crippen LogP contribution < -0.4 is 11.1 Å². The van der Waals surface area contributed by atoms with Crippen molar-refractivity contribution in [1.82, 2.24) is 0 Å². The molecule has 0 bridgehead atoms. The van der Waals surface area contributed by atoms with Crippen molar-refractivity contribution in [2.24, 2.45) is 0 Å². The van der Waals surface area contributed by atoms with Crippen LogP contribution in [0.5, 0.6) is 0 Å². The van der Waals surface area contributed by atoms with Gasteiger partial charge in [0.05, 0.1) is 5.56 Å². The largest absolute Gasteiger partial charge is 0.398 e. The normalized spacial score (nSPS) is 10.3. The van der Waals surface area contributed by atoms with Gasteiger partial charge >= 0.3 is 0 Å². The number of nitrogens with one attached hydrogen (secondary N) is 1. The second-order valence-corrected chi connectivity index (χ2v) is 4.89. The number of hydrogen-bond acceptors (Lipinski definition) is 2. The molecule has 0 aliphatic carbocycles. The van der Waals surface area contributed by atoms with E-state index >= 15 is 0 Å². The first-order valence-corrected chi connectivity index (χ1v) is 6.29. The molecule has 2 rings (SSSR count). The molecule has 0 spiro atoms. The van der Waals surface area contributed by atoms with Crippen LogP contribution in [0, 0.1) is 13.8 Å². The van der Waals surface area contributed by atoms with E-state index in [2.05, 4.69) is 5.32 Å². The molecule has 0 fully saturated rings. The number of carbonyl (C=O) groups is 1. The molecule has 0 saturated heterocycles. The van der Waals surface area contributed by atoms with Gasteiger partial charge in [0.1, 0.15) is 0 Å². The van der Waals surface area contributed by atoms with Crippen LogP contribution in [0.25, 0.3) is 0 Å². The van der Waals surface area contributed by atoms with E-state index in [1.54, 1.807) is 24.3 Å². The number of rotatable bonds is 2. The van der Waals surface area contributed by atoms with Gasteiger partial charge in [0.2, 0.25) is 0 Å². The minimum Gasteiger partial charge on any atom is -0.398 e. The van der Waals surface area contributed by atoms with Crippen LogP contribution in [0.3, 0.4) is 0 Å². The smallest absolute Gasteiger partial charge is 0.257 e. The molecule has 0 radical (unpaired) electrons. The first-order valence-electron chi connectivity index (χ1n) is 5.91. The zero-order chi connectivity index (χ0) is 14.0. The minimum absolute atomic E-state index is 0.216. The van der Waals surface area contributed by atoms with Gasteiger partial charge in [-0.3, -0.25) is 4.79 Å². The van der Waals surface area contributed by atoms with Crippen molar-refractivity contribution < 1.29 is 4.79 Å². The quantitative estimate of drug-likeness (QED) is 0.819. The Hall–Kier alpha value is -2.00. The SMILES string of the molecule is Cc1cc(Cl)ccc1NC(=O)c1cccc(C)c1N. The highest BCUT2D eigenvalue weighted by Crippen LogP contribution is 2.22. The highest BCUT2D eigenvalue weighted by atomic mass is 35.5. The van der Waals surface area contributed by atoms with E-state index in [4.69, 9.17) is 17.3 Å². The van der Waals surface area contributed by atoms with E-state index in [0.29, 0.717) is 16.3 Å². The van der Waals surface area contributed by atoms with Crippen molar-refractivity contribution in [2.75, 3.05) is 11.1 Å². The first kappa shape index (κ1) is 13.4. The lowest BCUT2D eigenvalue weighted by Crippen LogP contribution is -2.15. The summed E-state index contributed by atoms with van der Waals surface area (Å²) in [6, 6.07) is 10.7. The minimum atomic E-state index is -0.216. The lowest BCUT2D eigenvalue weighted by atomic mass is 10.1. The molecule has 2 aromatic carbocycles. The molecule has 0 heterocycles. The Balaban J connectivity index is 2.28. The maximum Gasteiger partial charge on any atom is 0.257 e. The fraction of sp³-hybridized carbons (Fsp3) is 0.133. The number of aryl methyl sites for hydroxylation is 2. The Labute approximate surface area is 117 Å². The molecule has 3 N–H and O–H groups in total. The number of halogens is 1. The van der Waals surface area contributed by atoms with Gasteiger partial charge in [0.25, 0.3) is 5.91 Å². The number of amides is 1. The summed E-state index contributed by atoms with van der Waals surface area (Å²) >= 11 is 5.88. The molecule has 0 atom stereocenters. The molecule has 2 aromatic rings. The van der Waals surface area contributed by atoms with Crippen LogP contribution in [-0.4, -0.2) is 5.91 Å². The number of benzene rings is 2. The first-order chi connectivity index (χ1) is 8.99. The topological polar surface area (TPSA) is 55.1 Å². The molecule has 0 aliphatic rings. The van der Waals surface area contributed by atoms with Gasteiger partial charge in [0, 0.05) is 16.4 Å². The molecular weight excluding hydrogens is 260 g/mol. The Morgan fingerprint density at radius 1 is 1.16 bits per heavy atom. The standard InChI is InChI=1S/C15H15ClN2O/c1-9-4-3-5-12(14(9)17)15(19)18-13-7-6-11(16)8-10(13)2/h3-8H,17H2,1-2H3,(H,18,19). The van der Waals surface area contributed by atoms with Gasteiger partial charge in [-0.05, 0) is 49.2 Å². The molecule has 0 aliphatic heterocycles. The zero-order valence-electron chi connectivity index (χ0n) is 10.8. The summed E-state index contributed by atoms with van der Waals surface area (Å²) in [5.74, 6) is -0.216. The van der Waals surface area contributed by atoms with Gasteiger partial charge in [-0.15, -0.1) is 0 Å². The predicted molar refractivity (Wildman–Crippen MR) is 79.7 cm³/mol. The van der Waals surface area contributed by atoms with Crippen molar-refractivity contribution in [3.05, 3.63) is 58.1 Å². The molecule has 0 aromatic heterocycles. The van der Waals surface area contributed by atoms with Crippen LogP contribution in [-0.2, 0) is 0 Å². The highest BCUT2D eigenvalue weighted by molar-refractivity contribution is 6.30. The van der Waals surface area contributed by atoms with E-state index in [0.717, 1.165) is 16.8 Å². The third-order valence-electron chi connectivity index (χ3n) is 3.01. The Morgan fingerprint density at radius 2 is 1.89 bits per heavy atom. The van der Waals surface area contributed by atoms with Crippen molar-refractivity contribution in [3.8, 4) is 0 Å². The fourth-order valence-electron chi connectivity index (χ4n) is 1.84. The van der Waals surface area contributed by atoms with Crippen LogP contribution >= 0.6 is 11.6 Å². The Morgan fingerprint density at radius 3 is 2.58 bits per heavy atom.